The van der Waals surface area contributed by atoms with Crippen LogP contribution in [0.5, 0.6) is 0 Å². The average molecular weight is 500 g/mol. The van der Waals surface area contributed by atoms with Crippen molar-refractivity contribution in [3.8, 4) is 0 Å². The molecule has 0 bridgehead atoms. The highest BCUT2D eigenvalue weighted by Crippen LogP contribution is 2.25. The zero-order valence-electron chi connectivity index (χ0n) is 15.9. The van der Waals surface area contributed by atoms with Crippen LogP contribution in [-0.4, -0.2) is 55.6 Å². The third kappa shape index (κ3) is 5.97. The van der Waals surface area contributed by atoms with E-state index in [0.717, 1.165) is 50.1 Å². The van der Waals surface area contributed by atoms with Crippen molar-refractivity contribution in [1.82, 2.24) is 15.2 Å². The summed E-state index contributed by atoms with van der Waals surface area (Å²) in [6.45, 7) is 6.80. The van der Waals surface area contributed by atoms with Gasteiger partial charge in [-0.05, 0) is 42.7 Å². The summed E-state index contributed by atoms with van der Waals surface area (Å²) in [5, 5.41) is 4.26. The van der Waals surface area contributed by atoms with E-state index in [2.05, 4.69) is 50.2 Å². The van der Waals surface area contributed by atoms with Gasteiger partial charge in [-0.2, -0.15) is 0 Å². The highest BCUT2D eigenvalue weighted by atomic mass is 127. The largest absolute Gasteiger partial charge is 0.368 e. The predicted molar refractivity (Wildman–Crippen MR) is 125 cm³/mol. The molecule has 146 valence electrons. The number of aromatic nitrogens is 1. The van der Waals surface area contributed by atoms with Gasteiger partial charge < -0.3 is 15.1 Å². The number of aryl methyl sites for hydroxylation is 1. The monoisotopic (exact) mass is 499 g/mol. The molecule has 2 aromatic rings. The molecule has 0 saturated carbocycles. The first-order chi connectivity index (χ1) is 12.7. The van der Waals surface area contributed by atoms with Gasteiger partial charge in [-0.15, -0.1) is 24.0 Å². The molecule has 27 heavy (non-hydrogen) atoms. The third-order valence-electron chi connectivity index (χ3n) is 4.72. The van der Waals surface area contributed by atoms with E-state index in [1.54, 1.807) is 6.20 Å². The number of rotatable bonds is 4. The fourth-order valence-electron chi connectivity index (χ4n) is 3.28. The lowest BCUT2D eigenvalue weighted by Gasteiger charge is -2.38. The summed E-state index contributed by atoms with van der Waals surface area (Å²) < 4.78 is 0. The number of guanidine groups is 1. The molecule has 0 spiro atoms. The van der Waals surface area contributed by atoms with E-state index in [0.29, 0.717) is 0 Å². The lowest BCUT2D eigenvalue weighted by molar-refractivity contribution is 0.373. The summed E-state index contributed by atoms with van der Waals surface area (Å²) in [6.07, 6.45) is 4.65. The maximum absolute atomic E-state index is 6.17. The number of anilines is 1. The molecule has 1 aromatic heterocycles. The first-order valence-corrected chi connectivity index (χ1v) is 9.41. The highest BCUT2D eigenvalue weighted by Gasteiger charge is 2.20. The Morgan fingerprint density at radius 2 is 2.00 bits per heavy atom. The highest BCUT2D eigenvalue weighted by molar-refractivity contribution is 14.0. The van der Waals surface area contributed by atoms with Crippen LogP contribution in [-0.2, 0) is 6.42 Å². The van der Waals surface area contributed by atoms with Gasteiger partial charge in [0.15, 0.2) is 5.96 Å². The number of nitrogens with zero attached hydrogens (tertiary/aromatic N) is 4. The number of aliphatic imine (C=N–C) groups is 1. The number of pyridine rings is 1. The summed E-state index contributed by atoms with van der Waals surface area (Å²) >= 11 is 6.17. The minimum absolute atomic E-state index is 0. The van der Waals surface area contributed by atoms with Crippen molar-refractivity contribution in [2.75, 3.05) is 44.7 Å². The number of benzene rings is 1. The van der Waals surface area contributed by atoms with Gasteiger partial charge in [0.2, 0.25) is 0 Å². The van der Waals surface area contributed by atoms with Crippen molar-refractivity contribution in [2.24, 2.45) is 4.99 Å². The summed E-state index contributed by atoms with van der Waals surface area (Å²) in [5.41, 5.74) is 3.73. The van der Waals surface area contributed by atoms with Crippen molar-refractivity contribution in [1.29, 1.82) is 0 Å². The standard InChI is InChI=1S/C20H26ClN5.HI/c1-16-5-6-18(21)14-19(16)25-10-12-26(13-11-25)20(22-2)24-9-7-17-4-3-8-23-15-17;/h3-6,8,14-15H,7,9-13H2,1-2H3,(H,22,24);1H. The minimum Gasteiger partial charge on any atom is -0.368 e. The fourth-order valence-corrected chi connectivity index (χ4v) is 3.45. The zero-order chi connectivity index (χ0) is 18.4. The molecule has 7 heteroatoms. The molecule has 3 rings (SSSR count). The Balaban J connectivity index is 0.00000261. The molecule has 1 N–H and O–H groups in total. The van der Waals surface area contributed by atoms with Gasteiger partial charge in [0.25, 0.3) is 0 Å². The summed E-state index contributed by atoms with van der Waals surface area (Å²) in [5.74, 6) is 0.969. The Kier molecular flexibility index (Phi) is 8.63. The smallest absolute Gasteiger partial charge is 0.193 e. The number of hydrogen-bond acceptors (Lipinski definition) is 3. The summed E-state index contributed by atoms with van der Waals surface area (Å²) in [6, 6.07) is 10.2. The van der Waals surface area contributed by atoms with Crippen LogP contribution in [0.3, 0.4) is 0 Å². The van der Waals surface area contributed by atoms with E-state index in [-0.39, 0.29) is 24.0 Å². The first-order valence-electron chi connectivity index (χ1n) is 9.03. The van der Waals surface area contributed by atoms with Gasteiger partial charge in [-0.3, -0.25) is 9.98 Å². The Morgan fingerprint density at radius 3 is 2.67 bits per heavy atom. The van der Waals surface area contributed by atoms with Crippen LogP contribution in [0.4, 0.5) is 5.69 Å². The topological polar surface area (TPSA) is 43.8 Å². The second-order valence-corrected chi connectivity index (χ2v) is 6.93. The molecule has 1 fully saturated rings. The van der Waals surface area contributed by atoms with Crippen molar-refractivity contribution >= 4 is 47.2 Å². The molecule has 0 unspecified atom stereocenters. The normalized spacial score (nSPS) is 14.7. The summed E-state index contributed by atoms with van der Waals surface area (Å²) in [4.78, 5) is 13.3. The van der Waals surface area contributed by atoms with Crippen LogP contribution >= 0.6 is 35.6 Å². The lowest BCUT2D eigenvalue weighted by Crippen LogP contribution is -2.53. The van der Waals surface area contributed by atoms with Crippen LogP contribution in [0, 0.1) is 6.92 Å². The second kappa shape index (κ2) is 10.7. The van der Waals surface area contributed by atoms with E-state index in [4.69, 9.17) is 11.6 Å². The van der Waals surface area contributed by atoms with Gasteiger partial charge in [0, 0.05) is 62.9 Å². The molecule has 0 amide bonds. The van der Waals surface area contributed by atoms with Gasteiger partial charge in [-0.25, -0.2) is 0 Å². The molecule has 5 nitrogen and oxygen atoms in total. The Bertz CT molecular complexity index is 745. The number of halogens is 2. The lowest BCUT2D eigenvalue weighted by atomic mass is 10.1. The van der Waals surface area contributed by atoms with Gasteiger partial charge >= 0.3 is 0 Å². The van der Waals surface area contributed by atoms with Crippen LogP contribution in [0.25, 0.3) is 0 Å². The number of piperazine rings is 1. The molecule has 1 aliphatic heterocycles. The van der Waals surface area contributed by atoms with Gasteiger partial charge in [0.1, 0.15) is 0 Å². The quantitative estimate of drug-likeness (QED) is 0.397. The van der Waals surface area contributed by atoms with Crippen molar-refractivity contribution in [2.45, 2.75) is 13.3 Å². The zero-order valence-corrected chi connectivity index (χ0v) is 18.9. The molecule has 2 heterocycles. The van der Waals surface area contributed by atoms with E-state index in [1.165, 1.54) is 16.8 Å². The van der Waals surface area contributed by atoms with Crippen molar-refractivity contribution < 1.29 is 0 Å². The molecule has 1 saturated heterocycles. The van der Waals surface area contributed by atoms with Crippen molar-refractivity contribution in [3.05, 3.63) is 58.9 Å². The van der Waals surface area contributed by atoms with E-state index < -0.39 is 0 Å². The minimum atomic E-state index is 0. The second-order valence-electron chi connectivity index (χ2n) is 6.49. The fraction of sp³-hybridized carbons (Fsp3) is 0.400. The molecule has 0 atom stereocenters. The number of nitrogens with one attached hydrogen (secondary N) is 1. The molecule has 0 aliphatic carbocycles. The SMILES string of the molecule is CN=C(NCCc1cccnc1)N1CCN(c2cc(Cl)ccc2C)CC1.I. The summed E-state index contributed by atoms with van der Waals surface area (Å²) in [7, 11) is 1.85. The maximum atomic E-state index is 6.17. The maximum Gasteiger partial charge on any atom is 0.193 e. The van der Waals surface area contributed by atoms with Crippen LogP contribution in [0.1, 0.15) is 11.1 Å². The van der Waals surface area contributed by atoms with Crippen LogP contribution in [0.2, 0.25) is 5.02 Å². The van der Waals surface area contributed by atoms with Gasteiger partial charge in [0.05, 0.1) is 0 Å². The molecular weight excluding hydrogens is 473 g/mol. The van der Waals surface area contributed by atoms with E-state index in [1.807, 2.05) is 25.4 Å². The van der Waals surface area contributed by atoms with Crippen LogP contribution in [0.15, 0.2) is 47.7 Å². The van der Waals surface area contributed by atoms with Crippen LogP contribution < -0.4 is 10.2 Å². The van der Waals surface area contributed by atoms with E-state index in [9.17, 15) is 0 Å². The number of hydrogen-bond donors (Lipinski definition) is 1. The Labute approximate surface area is 183 Å². The average Bonchev–Trinajstić information content (AvgIpc) is 2.68. The molecular formula is C20H27ClIN5. The molecule has 0 radical (unpaired) electrons. The first kappa shape index (κ1) is 21.8. The molecule has 1 aliphatic rings. The Morgan fingerprint density at radius 1 is 1.22 bits per heavy atom. The Hall–Kier alpha value is -1.54. The predicted octanol–water partition coefficient (Wildman–Crippen LogP) is 3.60. The van der Waals surface area contributed by atoms with Crippen molar-refractivity contribution in [3.63, 3.8) is 0 Å². The third-order valence-corrected chi connectivity index (χ3v) is 4.96. The molecule has 1 aromatic carbocycles. The van der Waals surface area contributed by atoms with Gasteiger partial charge in [-0.1, -0.05) is 23.7 Å². The van der Waals surface area contributed by atoms with E-state index >= 15 is 0 Å².